The van der Waals surface area contributed by atoms with Gasteiger partial charge in [0.05, 0.1) is 13.2 Å². The summed E-state index contributed by atoms with van der Waals surface area (Å²) >= 11 is 0. The standard InChI is InChI=1S/C38H70NO9P/c1-3-5-7-8-9-10-11-12-15-18-21-25-29-37(41)45-33-36(34-47-49(43,44)46-32-31-39)48-38(42)30-26-22-19-16-13-14-17-20-24-28-35(40)27-23-6-4-2/h17,20,24,28,36H,3-16,18-19,21-23,25-27,29-34,39H2,1-2H3,(H,43,44)/b20-17-,28-24+/t36-/m1/s1. The van der Waals surface area contributed by atoms with E-state index < -0.39 is 32.5 Å². The molecule has 0 rings (SSSR count). The Bertz CT molecular complexity index is 925. The first kappa shape index (κ1) is 47.2. The van der Waals surface area contributed by atoms with E-state index in [0.29, 0.717) is 12.8 Å². The molecule has 0 aliphatic carbocycles. The van der Waals surface area contributed by atoms with Crippen LogP contribution in [0.2, 0.25) is 0 Å². The van der Waals surface area contributed by atoms with E-state index in [4.69, 9.17) is 24.3 Å². The fourth-order valence-corrected chi connectivity index (χ4v) is 5.91. The van der Waals surface area contributed by atoms with Crippen molar-refractivity contribution in [2.24, 2.45) is 5.73 Å². The lowest BCUT2D eigenvalue weighted by molar-refractivity contribution is -0.161. The van der Waals surface area contributed by atoms with Gasteiger partial charge in [0.25, 0.3) is 0 Å². The van der Waals surface area contributed by atoms with Gasteiger partial charge >= 0.3 is 19.8 Å². The first-order valence-corrected chi connectivity index (χ1v) is 20.8. The van der Waals surface area contributed by atoms with Crippen molar-refractivity contribution in [3.63, 3.8) is 0 Å². The Kier molecular flexibility index (Phi) is 33.3. The molecule has 3 N–H and O–H groups in total. The summed E-state index contributed by atoms with van der Waals surface area (Å²) in [6, 6.07) is 0. The van der Waals surface area contributed by atoms with Crippen molar-refractivity contribution in [2.75, 3.05) is 26.4 Å². The Labute approximate surface area is 297 Å². The highest BCUT2D eigenvalue weighted by Gasteiger charge is 2.26. The van der Waals surface area contributed by atoms with E-state index in [1.54, 1.807) is 6.08 Å². The lowest BCUT2D eigenvalue weighted by atomic mass is 10.0. The highest BCUT2D eigenvalue weighted by molar-refractivity contribution is 7.47. The number of hydrogen-bond donors (Lipinski definition) is 2. The lowest BCUT2D eigenvalue weighted by Gasteiger charge is -2.19. The molecule has 0 aromatic rings. The number of allylic oxidation sites excluding steroid dienone is 4. The van der Waals surface area contributed by atoms with E-state index in [1.165, 1.54) is 57.8 Å². The number of nitrogens with two attached hydrogens (primary N) is 1. The number of rotatable bonds is 36. The maximum atomic E-state index is 12.5. The van der Waals surface area contributed by atoms with Crippen LogP contribution in [0.4, 0.5) is 0 Å². The quantitative estimate of drug-likeness (QED) is 0.0211. The van der Waals surface area contributed by atoms with E-state index >= 15 is 0 Å². The molecule has 0 aromatic carbocycles. The van der Waals surface area contributed by atoms with Crippen LogP contribution in [0.15, 0.2) is 24.3 Å². The van der Waals surface area contributed by atoms with Crippen molar-refractivity contribution in [3.05, 3.63) is 24.3 Å². The molecule has 0 radical (unpaired) electrons. The van der Waals surface area contributed by atoms with Crippen LogP contribution in [0.3, 0.4) is 0 Å². The van der Waals surface area contributed by atoms with Crippen LogP contribution in [0.25, 0.3) is 0 Å². The van der Waals surface area contributed by atoms with Crippen molar-refractivity contribution in [2.45, 2.75) is 174 Å². The van der Waals surface area contributed by atoms with Crippen molar-refractivity contribution in [1.82, 2.24) is 0 Å². The van der Waals surface area contributed by atoms with Crippen molar-refractivity contribution in [3.8, 4) is 0 Å². The molecule has 0 aromatic heterocycles. The van der Waals surface area contributed by atoms with Gasteiger partial charge in [0, 0.05) is 25.8 Å². The molecule has 11 heteroatoms. The number of phosphoric acid groups is 1. The van der Waals surface area contributed by atoms with Gasteiger partial charge in [0.1, 0.15) is 6.61 Å². The average molecular weight is 716 g/mol. The molecule has 0 saturated carbocycles. The summed E-state index contributed by atoms with van der Waals surface area (Å²) in [7, 11) is -4.39. The monoisotopic (exact) mass is 715 g/mol. The highest BCUT2D eigenvalue weighted by Crippen LogP contribution is 2.43. The van der Waals surface area contributed by atoms with E-state index in [0.717, 1.165) is 70.6 Å². The van der Waals surface area contributed by atoms with Crippen LogP contribution in [0.1, 0.15) is 168 Å². The average Bonchev–Trinajstić information content (AvgIpc) is 3.08. The van der Waals surface area contributed by atoms with Crippen LogP contribution in [-0.2, 0) is 37.5 Å². The Hall–Kier alpha value is -1.84. The molecular formula is C38H70NO9P. The van der Waals surface area contributed by atoms with Crippen LogP contribution in [0, 0.1) is 0 Å². The highest BCUT2D eigenvalue weighted by atomic mass is 31.2. The third-order valence-corrected chi connectivity index (χ3v) is 9.05. The zero-order valence-corrected chi connectivity index (χ0v) is 31.8. The minimum absolute atomic E-state index is 0.0402. The summed E-state index contributed by atoms with van der Waals surface area (Å²) in [5, 5.41) is 0. The Morgan fingerprint density at radius 3 is 1.76 bits per heavy atom. The number of phosphoric ester groups is 1. The molecule has 10 nitrogen and oxygen atoms in total. The minimum Gasteiger partial charge on any atom is -0.462 e. The summed E-state index contributed by atoms with van der Waals surface area (Å²) in [5.41, 5.74) is 5.32. The zero-order valence-electron chi connectivity index (χ0n) is 30.9. The molecule has 0 heterocycles. The molecule has 286 valence electrons. The lowest BCUT2D eigenvalue weighted by Crippen LogP contribution is -2.29. The first-order valence-electron chi connectivity index (χ1n) is 19.3. The number of hydrogen-bond acceptors (Lipinski definition) is 9. The van der Waals surface area contributed by atoms with Gasteiger partial charge in [0.2, 0.25) is 0 Å². The van der Waals surface area contributed by atoms with Crippen LogP contribution >= 0.6 is 7.82 Å². The molecule has 0 spiro atoms. The number of unbranched alkanes of at least 4 members (excludes halogenated alkanes) is 18. The minimum atomic E-state index is -4.39. The second-order valence-electron chi connectivity index (χ2n) is 12.8. The van der Waals surface area contributed by atoms with E-state index in [-0.39, 0.29) is 38.4 Å². The fourth-order valence-electron chi connectivity index (χ4n) is 5.14. The molecule has 2 atom stereocenters. The summed E-state index contributed by atoms with van der Waals surface area (Å²) < 4.78 is 32.6. The first-order chi connectivity index (χ1) is 23.7. The van der Waals surface area contributed by atoms with Gasteiger partial charge in [-0.05, 0) is 38.2 Å². The maximum absolute atomic E-state index is 12.5. The third-order valence-electron chi connectivity index (χ3n) is 8.07. The van der Waals surface area contributed by atoms with Crippen LogP contribution < -0.4 is 5.73 Å². The van der Waals surface area contributed by atoms with Gasteiger partial charge in [-0.25, -0.2) is 4.57 Å². The second kappa shape index (κ2) is 34.6. The predicted molar refractivity (Wildman–Crippen MR) is 197 cm³/mol. The molecule has 0 bridgehead atoms. The molecule has 0 saturated heterocycles. The maximum Gasteiger partial charge on any atom is 0.472 e. The molecule has 0 aliphatic heterocycles. The Balaban J connectivity index is 4.29. The number of carbonyl (C=O) groups excluding carboxylic acids is 3. The number of ketones is 1. The van der Waals surface area contributed by atoms with Crippen LogP contribution in [-0.4, -0.2) is 55.1 Å². The molecule has 0 aliphatic rings. The number of esters is 2. The van der Waals surface area contributed by atoms with E-state index in [2.05, 4.69) is 19.9 Å². The van der Waals surface area contributed by atoms with Crippen molar-refractivity contribution in [1.29, 1.82) is 0 Å². The number of carbonyl (C=O) groups is 3. The third kappa shape index (κ3) is 34.4. The molecular weight excluding hydrogens is 645 g/mol. The molecule has 49 heavy (non-hydrogen) atoms. The Morgan fingerprint density at radius 2 is 1.16 bits per heavy atom. The number of ether oxygens (including phenoxy) is 2. The summed E-state index contributed by atoms with van der Waals surface area (Å²) in [4.78, 5) is 46.4. The SMILES string of the molecule is CCCCCCCCCCCCCCC(=O)OC[C@H](COP(=O)(O)OCCN)OC(=O)CCCCCCC/C=C\C=C\C(=O)CCCCC. The molecule has 0 fully saturated rings. The zero-order chi connectivity index (χ0) is 36.3. The van der Waals surface area contributed by atoms with Gasteiger partial charge in [-0.2, -0.15) is 0 Å². The summed E-state index contributed by atoms with van der Waals surface area (Å²) in [6.45, 7) is 3.51. The largest absolute Gasteiger partial charge is 0.472 e. The van der Waals surface area contributed by atoms with E-state index in [1.807, 2.05) is 12.2 Å². The van der Waals surface area contributed by atoms with Crippen LogP contribution in [0.5, 0.6) is 0 Å². The normalized spacial score (nSPS) is 13.6. The summed E-state index contributed by atoms with van der Waals surface area (Å²) in [5.74, 6) is -0.715. The van der Waals surface area contributed by atoms with Gasteiger partial charge in [-0.3, -0.25) is 23.4 Å². The molecule has 1 unspecified atom stereocenters. The van der Waals surface area contributed by atoms with Gasteiger partial charge in [-0.1, -0.05) is 135 Å². The summed E-state index contributed by atoms with van der Waals surface area (Å²) in [6.07, 6.45) is 30.4. The van der Waals surface area contributed by atoms with Gasteiger partial charge < -0.3 is 20.1 Å². The second-order valence-corrected chi connectivity index (χ2v) is 14.3. The van der Waals surface area contributed by atoms with Gasteiger partial charge in [0.15, 0.2) is 11.9 Å². The fraction of sp³-hybridized carbons (Fsp3) is 0.816. The van der Waals surface area contributed by atoms with Crippen molar-refractivity contribution < 1.29 is 42.4 Å². The Morgan fingerprint density at radius 1 is 0.653 bits per heavy atom. The topological polar surface area (TPSA) is 151 Å². The van der Waals surface area contributed by atoms with Crippen molar-refractivity contribution >= 4 is 25.5 Å². The molecule has 0 amide bonds. The van der Waals surface area contributed by atoms with Gasteiger partial charge in [-0.15, -0.1) is 0 Å². The predicted octanol–water partition coefficient (Wildman–Crippen LogP) is 9.62. The van der Waals surface area contributed by atoms with E-state index in [9.17, 15) is 23.8 Å². The smallest absolute Gasteiger partial charge is 0.462 e.